The molecule has 1 aromatic heterocycles. The summed E-state index contributed by atoms with van der Waals surface area (Å²) in [6, 6.07) is 6.19. The van der Waals surface area contributed by atoms with E-state index in [1.54, 1.807) is 30.3 Å². The van der Waals surface area contributed by atoms with Gasteiger partial charge < -0.3 is 15.1 Å². The molecule has 156 valence electrons. The summed E-state index contributed by atoms with van der Waals surface area (Å²) in [6.07, 6.45) is -7.18. The van der Waals surface area contributed by atoms with Gasteiger partial charge in [-0.05, 0) is 12.5 Å². The Morgan fingerprint density at radius 3 is 2.41 bits per heavy atom. The van der Waals surface area contributed by atoms with Gasteiger partial charge in [0.05, 0.1) is 5.56 Å². The minimum absolute atomic E-state index is 0.238. The van der Waals surface area contributed by atoms with Gasteiger partial charge in [0.25, 0.3) is 12.3 Å². The average molecular weight is 417 g/mol. The number of amides is 1. The first kappa shape index (κ1) is 20.6. The number of hydrogen-bond donors (Lipinski definition) is 1. The highest BCUT2D eigenvalue weighted by Gasteiger charge is 2.45. The summed E-state index contributed by atoms with van der Waals surface area (Å²) in [6.45, 7) is -0.0422. The van der Waals surface area contributed by atoms with Gasteiger partial charge in [-0.15, -0.1) is 0 Å². The van der Waals surface area contributed by atoms with E-state index in [0.29, 0.717) is 16.7 Å². The van der Waals surface area contributed by atoms with E-state index in [9.17, 15) is 31.5 Å². The molecule has 2 heterocycles. The molecule has 29 heavy (non-hydrogen) atoms. The predicted octanol–water partition coefficient (Wildman–Crippen LogP) is 3.27. The minimum atomic E-state index is -4.71. The summed E-state index contributed by atoms with van der Waals surface area (Å²) < 4.78 is 71.9. The number of aromatic nitrogens is 1. The van der Waals surface area contributed by atoms with E-state index >= 15 is 0 Å². The lowest BCUT2D eigenvalue weighted by Crippen LogP contribution is -2.54. The third kappa shape index (κ3) is 4.03. The average Bonchev–Trinajstić information content (AvgIpc) is 2.66. The van der Waals surface area contributed by atoms with Crippen molar-refractivity contribution in [3.63, 3.8) is 0 Å². The van der Waals surface area contributed by atoms with Gasteiger partial charge in [0.1, 0.15) is 19.3 Å². The lowest BCUT2D eigenvalue weighted by atomic mass is 10.1. The van der Waals surface area contributed by atoms with E-state index in [0.717, 1.165) is 11.6 Å². The summed E-state index contributed by atoms with van der Waals surface area (Å²) >= 11 is 0. The van der Waals surface area contributed by atoms with Crippen LogP contribution in [0.25, 0.3) is 0 Å². The summed E-state index contributed by atoms with van der Waals surface area (Å²) in [5, 5.41) is 0. The lowest BCUT2D eigenvalue weighted by Gasteiger charge is -2.36. The van der Waals surface area contributed by atoms with Crippen LogP contribution in [0.5, 0.6) is 5.75 Å². The maximum atomic E-state index is 13.3. The number of nitrogens with one attached hydrogen (secondary N) is 1. The predicted molar refractivity (Wildman–Crippen MR) is 92.3 cm³/mol. The number of carbonyl (C=O) groups excluding carboxylic acids is 1. The second-order valence-corrected chi connectivity index (χ2v) is 6.35. The van der Waals surface area contributed by atoms with Gasteiger partial charge in [0, 0.05) is 6.20 Å². The van der Waals surface area contributed by atoms with E-state index < -0.39 is 53.7 Å². The number of hydrogen-bond acceptors (Lipinski definition) is 4. The molecule has 0 saturated carbocycles. The molecule has 11 heteroatoms. The van der Waals surface area contributed by atoms with E-state index in [1.807, 2.05) is 0 Å². The van der Waals surface area contributed by atoms with Gasteiger partial charge in [0.15, 0.2) is 11.4 Å². The zero-order chi connectivity index (χ0) is 21.3. The Labute approximate surface area is 161 Å². The molecular weight excluding hydrogens is 401 g/mol. The van der Waals surface area contributed by atoms with Crippen molar-refractivity contribution in [2.45, 2.75) is 32.2 Å². The minimum Gasteiger partial charge on any atom is -0.482 e. The van der Waals surface area contributed by atoms with Crippen LogP contribution in [0.2, 0.25) is 0 Å². The molecule has 0 radical (unpaired) electrons. The highest BCUT2D eigenvalue weighted by molar-refractivity contribution is 5.96. The third-order valence-corrected chi connectivity index (χ3v) is 4.47. The molecule has 6 nitrogen and oxygen atoms in total. The Morgan fingerprint density at radius 2 is 1.83 bits per heavy atom. The van der Waals surface area contributed by atoms with Crippen LogP contribution in [-0.2, 0) is 6.61 Å². The van der Waals surface area contributed by atoms with Gasteiger partial charge >= 0.3 is 6.18 Å². The Morgan fingerprint density at radius 1 is 1.17 bits per heavy atom. The van der Waals surface area contributed by atoms with Gasteiger partial charge in [0.2, 0.25) is 5.43 Å². The Bertz CT molecular complexity index is 960. The number of pyridine rings is 1. The molecule has 1 amide bonds. The molecule has 0 aliphatic carbocycles. The maximum Gasteiger partial charge on any atom is 0.408 e. The number of carbonyl (C=O) groups is 1. The standard InChI is InChI=1S/C18H16F5N3O3/c1-10(18(21,22)23)25-9-24-26-7-12(16(19)20)14(27)15(13(26)17(25)28)29-8-11-5-3-2-4-6-11/h2-7,10,16,24H,8-9H2,1H3/t10-/m1/s1. The van der Waals surface area contributed by atoms with Crippen LogP contribution in [0.15, 0.2) is 41.3 Å². The molecule has 1 atom stereocenters. The summed E-state index contributed by atoms with van der Waals surface area (Å²) in [5.74, 6) is -1.89. The first-order valence-corrected chi connectivity index (χ1v) is 8.47. The summed E-state index contributed by atoms with van der Waals surface area (Å²) in [5.41, 5.74) is 0.242. The number of rotatable bonds is 5. The number of fused-ring (bicyclic) bond motifs is 1. The first-order valence-electron chi connectivity index (χ1n) is 8.47. The van der Waals surface area contributed by atoms with E-state index in [2.05, 4.69) is 5.43 Å². The molecule has 0 spiro atoms. The second-order valence-electron chi connectivity index (χ2n) is 6.35. The first-order chi connectivity index (χ1) is 13.6. The Hall–Kier alpha value is -3.11. The fourth-order valence-electron chi connectivity index (χ4n) is 2.80. The van der Waals surface area contributed by atoms with Crippen molar-refractivity contribution in [1.82, 2.24) is 9.58 Å². The zero-order valence-corrected chi connectivity index (χ0v) is 15.0. The highest BCUT2D eigenvalue weighted by atomic mass is 19.4. The van der Waals surface area contributed by atoms with Gasteiger partial charge in [-0.1, -0.05) is 30.3 Å². The van der Waals surface area contributed by atoms with Crippen LogP contribution < -0.4 is 15.6 Å². The molecule has 0 bridgehead atoms. The van der Waals surface area contributed by atoms with Crippen LogP contribution in [-0.4, -0.2) is 34.4 Å². The van der Waals surface area contributed by atoms with Crippen LogP contribution in [0.3, 0.4) is 0 Å². The molecule has 1 aliphatic heterocycles. The molecule has 0 fully saturated rings. The Kier molecular flexibility index (Phi) is 5.49. The molecule has 0 unspecified atom stereocenters. The van der Waals surface area contributed by atoms with Crippen LogP contribution >= 0.6 is 0 Å². The fourth-order valence-corrected chi connectivity index (χ4v) is 2.80. The topological polar surface area (TPSA) is 63.6 Å². The summed E-state index contributed by atoms with van der Waals surface area (Å²) in [7, 11) is 0. The third-order valence-electron chi connectivity index (χ3n) is 4.47. The molecule has 1 aliphatic rings. The van der Waals surface area contributed by atoms with E-state index in [1.165, 1.54) is 0 Å². The fraction of sp³-hybridized carbons (Fsp3) is 0.333. The van der Waals surface area contributed by atoms with Crippen molar-refractivity contribution in [3.05, 3.63) is 63.6 Å². The Balaban J connectivity index is 2.06. The quantitative estimate of drug-likeness (QED) is 0.759. The van der Waals surface area contributed by atoms with Gasteiger partial charge in [-0.3, -0.25) is 14.3 Å². The molecule has 2 aromatic rings. The lowest BCUT2D eigenvalue weighted by molar-refractivity contribution is -0.172. The zero-order valence-electron chi connectivity index (χ0n) is 15.0. The van der Waals surface area contributed by atoms with E-state index in [-0.39, 0.29) is 6.61 Å². The van der Waals surface area contributed by atoms with E-state index in [4.69, 9.17) is 4.74 Å². The molecule has 1 N–H and O–H groups in total. The van der Waals surface area contributed by atoms with Crippen molar-refractivity contribution >= 4 is 5.91 Å². The number of benzene rings is 1. The number of halogens is 5. The number of nitrogens with zero attached hydrogens (tertiary/aromatic N) is 2. The van der Waals surface area contributed by atoms with Crippen molar-refractivity contribution in [1.29, 1.82) is 0 Å². The molecule has 0 saturated heterocycles. The normalized spacial score (nSPS) is 15.1. The monoisotopic (exact) mass is 417 g/mol. The molecule has 1 aromatic carbocycles. The number of alkyl halides is 5. The van der Waals surface area contributed by atoms with Gasteiger partial charge in [-0.2, -0.15) is 13.2 Å². The van der Waals surface area contributed by atoms with Crippen LogP contribution in [0, 0.1) is 0 Å². The highest BCUT2D eigenvalue weighted by Crippen LogP contribution is 2.30. The van der Waals surface area contributed by atoms with Crippen molar-refractivity contribution in [3.8, 4) is 5.75 Å². The van der Waals surface area contributed by atoms with Gasteiger partial charge in [-0.25, -0.2) is 8.78 Å². The van der Waals surface area contributed by atoms with Crippen LogP contribution in [0.1, 0.15) is 35.0 Å². The molecular formula is C18H16F5N3O3. The smallest absolute Gasteiger partial charge is 0.408 e. The SMILES string of the molecule is C[C@@H](N1CNn2cc(C(F)F)c(=O)c(OCc3ccccc3)c2C1=O)C(F)(F)F. The summed E-state index contributed by atoms with van der Waals surface area (Å²) in [4.78, 5) is 25.7. The van der Waals surface area contributed by atoms with Crippen molar-refractivity contribution in [2.24, 2.45) is 0 Å². The maximum absolute atomic E-state index is 13.3. The largest absolute Gasteiger partial charge is 0.482 e. The van der Waals surface area contributed by atoms with Crippen LogP contribution in [0.4, 0.5) is 22.0 Å². The second kappa shape index (κ2) is 7.72. The number of ether oxygens (including phenoxy) is 1. The van der Waals surface area contributed by atoms with Crippen molar-refractivity contribution in [2.75, 3.05) is 12.1 Å². The van der Waals surface area contributed by atoms with Crippen molar-refractivity contribution < 1.29 is 31.5 Å². The molecule has 3 rings (SSSR count).